The minimum absolute atomic E-state index is 0.167. The predicted molar refractivity (Wildman–Crippen MR) is 54.0 cm³/mol. The van der Waals surface area contributed by atoms with Gasteiger partial charge in [0.2, 0.25) is 10.0 Å². The molecule has 0 amide bonds. The van der Waals surface area contributed by atoms with Crippen molar-refractivity contribution in [1.82, 2.24) is 4.72 Å². The van der Waals surface area contributed by atoms with E-state index in [1.807, 2.05) is 13.8 Å². The largest absolute Gasteiger partial charge is 0.214 e. The molecule has 0 spiro atoms. The van der Waals surface area contributed by atoms with Crippen LogP contribution in [0.15, 0.2) is 0 Å². The smallest absolute Gasteiger partial charge is 0.212 e. The summed E-state index contributed by atoms with van der Waals surface area (Å²) in [5.74, 6) is 0.306. The van der Waals surface area contributed by atoms with Gasteiger partial charge in [-0.05, 0) is 25.7 Å². The molecule has 3 nitrogen and oxygen atoms in total. The van der Waals surface area contributed by atoms with Crippen LogP contribution in [0.25, 0.3) is 0 Å². The van der Waals surface area contributed by atoms with E-state index in [1.165, 1.54) is 0 Å². The van der Waals surface area contributed by atoms with Crippen LogP contribution in [0.3, 0.4) is 0 Å². The predicted octanol–water partition coefficient (Wildman–Crippen LogP) is 1.50. The molecule has 0 radical (unpaired) electrons. The third-order valence-corrected chi connectivity index (χ3v) is 4.95. The van der Waals surface area contributed by atoms with Crippen molar-refractivity contribution in [2.24, 2.45) is 5.92 Å². The summed E-state index contributed by atoms with van der Waals surface area (Å²) in [4.78, 5) is 0. The van der Waals surface area contributed by atoms with Gasteiger partial charge in [0.05, 0.1) is 5.25 Å². The van der Waals surface area contributed by atoms with Gasteiger partial charge in [0, 0.05) is 6.04 Å². The molecule has 0 aromatic heterocycles. The maximum atomic E-state index is 11.5. The molecule has 4 heteroatoms. The van der Waals surface area contributed by atoms with Gasteiger partial charge in [0.1, 0.15) is 0 Å². The topological polar surface area (TPSA) is 46.2 Å². The SMILES string of the molecule is CCCC1C(CC)NS(=O)(=O)C1C. The highest BCUT2D eigenvalue weighted by atomic mass is 32.2. The van der Waals surface area contributed by atoms with Gasteiger partial charge in [-0.15, -0.1) is 0 Å². The fraction of sp³-hybridized carbons (Fsp3) is 1.00. The first-order chi connectivity index (χ1) is 6.03. The van der Waals surface area contributed by atoms with Gasteiger partial charge in [-0.25, -0.2) is 13.1 Å². The molecule has 0 aromatic rings. The highest BCUT2D eigenvalue weighted by Gasteiger charge is 2.42. The molecule has 3 unspecified atom stereocenters. The van der Waals surface area contributed by atoms with Gasteiger partial charge in [-0.3, -0.25) is 0 Å². The number of nitrogens with one attached hydrogen (secondary N) is 1. The lowest BCUT2D eigenvalue weighted by molar-refractivity contribution is 0.387. The molecule has 1 rings (SSSR count). The normalized spacial score (nSPS) is 37.9. The summed E-state index contributed by atoms with van der Waals surface area (Å²) in [6, 6.07) is 0.167. The fourth-order valence-corrected chi connectivity index (χ4v) is 3.88. The molecule has 0 bridgehead atoms. The van der Waals surface area contributed by atoms with Crippen molar-refractivity contribution in [1.29, 1.82) is 0 Å². The second-order valence-corrected chi connectivity index (χ2v) is 5.90. The molecule has 0 aromatic carbocycles. The van der Waals surface area contributed by atoms with Gasteiger partial charge in [-0.2, -0.15) is 0 Å². The van der Waals surface area contributed by atoms with Crippen LogP contribution in [0.5, 0.6) is 0 Å². The zero-order valence-electron chi connectivity index (χ0n) is 8.58. The molecular formula is C9H19NO2S. The quantitative estimate of drug-likeness (QED) is 0.759. The van der Waals surface area contributed by atoms with Crippen LogP contribution < -0.4 is 4.72 Å². The van der Waals surface area contributed by atoms with Gasteiger partial charge in [0.15, 0.2) is 0 Å². The first-order valence-electron chi connectivity index (χ1n) is 5.04. The maximum absolute atomic E-state index is 11.5. The van der Waals surface area contributed by atoms with E-state index in [1.54, 1.807) is 0 Å². The molecule has 78 valence electrons. The van der Waals surface area contributed by atoms with E-state index in [2.05, 4.69) is 11.6 Å². The maximum Gasteiger partial charge on any atom is 0.214 e. The fourth-order valence-electron chi connectivity index (χ4n) is 2.12. The third-order valence-electron chi connectivity index (χ3n) is 2.99. The Hall–Kier alpha value is -0.0900. The van der Waals surface area contributed by atoms with E-state index in [-0.39, 0.29) is 11.3 Å². The summed E-state index contributed by atoms with van der Waals surface area (Å²) in [5, 5.41) is -0.211. The lowest BCUT2D eigenvalue weighted by Crippen LogP contribution is -2.27. The Bertz CT molecular complexity index is 261. The average Bonchev–Trinajstić information content (AvgIpc) is 2.29. The molecule has 0 saturated carbocycles. The van der Waals surface area contributed by atoms with Crippen molar-refractivity contribution in [2.75, 3.05) is 0 Å². The van der Waals surface area contributed by atoms with Crippen LogP contribution in [0.2, 0.25) is 0 Å². The summed E-state index contributed by atoms with van der Waals surface area (Å²) in [7, 11) is -3.01. The summed E-state index contributed by atoms with van der Waals surface area (Å²) in [6.45, 7) is 5.95. The lowest BCUT2D eigenvalue weighted by atomic mass is 9.91. The van der Waals surface area contributed by atoms with E-state index in [0.717, 1.165) is 19.3 Å². The first kappa shape index (κ1) is 11.0. The van der Waals surface area contributed by atoms with Gasteiger partial charge >= 0.3 is 0 Å². The van der Waals surface area contributed by atoms with E-state index < -0.39 is 10.0 Å². The summed E-state index contributed by atoms with van der Waals surface area (Å²) in [6.07, 6.45) is 2.96. The summed E-state index contributed by atoms with van der Waals surface area (Å²) in [5.41, 5.74) is 0. The Morgan fingerprint density at radius 3 is 2.38 bits per heavy atom. The number of hydrogen-bond donors (Lipinski definition) is 1. The number of rotatable bonds is 3. The van der Waals surface area contributed by atoms with Gasteiger partial charge < -0.3 is 0 Å². The van der Waals surface area contributed by atoms with Crippen LogP contribution in [-0.4, -0.2) is 19.7 Å². The standard InChI is InChI=1S/C9H19NO2S/c1-4-6-8-7(3)13(11,12)10-9(8)5-2/h7-10H,4-6H2,1-3H3. The molecule has 1 saturated heterocycles. The van der Waals surface area contributed by atoms with Gasteiger partial charge in [0.25, 0.3) is 0 Å². The Morgan fingerprint density at radius 2 is 1.92 bits per heavy atom. The van der Waals surface area contributed by atoms with E-state index in [9.17, 15) is 8.42 Å². The Kier molecular flexibility index (Phi) is 3.35. The van der Waals surface area contributed by atoms with Crippen LogP contribution in [-0.2, 0) is 10.0 Å². The second-order valence-electron chi connectivity index (χ2n) is 3.84. The second kappa shape index (κ2) is 3.96. The number of sulfonamides is 1. The molecule has 1 fully saturated rings. The Labute approximate surface area is 81.0 Å². The van der Waals surface area contributed by atoms with Crippen molar-refractivity contribution in [3.05, 3.63) is 0 Å². The lowest BCUT2D eigenvalue weighted by Gasteiger charge is -2.17. The van der Waals surface area contributed by atoms with Crippen LogP contribution in [0.4, 0.5) is 0 Å². The Morgan fingerprint density at radius 1 is 1.31 bits per heavy atom. The third kappa shape index (κ3) is 2.05. The Balaban J connectivity index is 2.80. The molecule has 1 aliphatic heterocycles. The van der Waals surface area contributed by atoms with Crippen LogP contribution in [0, 0.1) is 5.92 Å². The molecular weight excluding hydrogens is 186 g/mol. The van der Waals surface area contributed by atoms with E-state index >= 15 is 0 Å². The molecule has 1 N–H and O–H groups in total. The van der Waals surface area contributed by atoms with Crippen molar-refractivity contribution in [2.45, 2.75) is 51.3 Å². The van der Waals surface area contributed by atoms with E-state index in [0.29, 0.717) is 5.92 Å². The van der Waals surface area contributed by atoms with Crippen LogP contribution in [0.1, 0.15) is 40.0 Å². The van der Waals surface area contributed by atoms with Crippen LogP contribution >= 0.6 is 0 Å². The van der Waals surface area contributed by atoms with Crippen molar-refractivity contribution < 1.29 is 8.42 Å². The molecule has 1 aliphatic rings. The zero-order chi connectivity index (χ0) is 10.1. The molecule has 3 atom stereocenters. The van der Waals surface area contributed by atoms with Crippen molar-refractivity contribution >= 4 is 10.0 Å². The van der Waals surface area contributed by atoms with Gasteiger partial charge in [-0.1, -0.05) is 20.3 Å². The highest BCUT2D eigenvalue weighted by Crippen LogP contribution is 2.29. The zero-order valence-corrected chi connectivity index (χ0v) is 9.39. The minimum atomic E-state index is -3.01. The molecule has 1 heterocycles. The monoisotopic (exact) mass is 205 g/mol. The molecule has 13 heavy (non-hydrogen) atoms. The average molecular weight is 205 g/mol. The van der Waals surface area contributed by atoms with Crippen molar-refractivity contribution in [3.8, 4) is 0 Å². The molecule has 0 aliphatic carbocycles. The number of hydrogen-bond acceptors (Lipinski definition) is 2. The summed E-state index contributed by atoms with van der Waals surface area (Å²) >= 11 is 0. The first-order valence-corrected chi connectivity index (χ1v) is 6.58. The minimum Gasteiger partial charge on any atom is -0.212 e. The van der Waals surface area contributed by atoms with E-state index in [4.69, 9.17) is 0 Å². The summed E-state index contributed by atoms with van der Waals surface area (Å²) < 4.78 is 25.7. The van der Waals surface area contributed by atoms with Crippen molar-refractivity contribution in [3.63, 3.8) is 0 Å². The highest BCUT2D eigenvalue weighted by molar-refractivity contribution is 7.90.